The van der Waals surface area contributed by atoms with Gasteiger partial charge < -0.3 is 4.98 Å². The normalized spacial score (nSPS) is 22.5. The average Bonchev–Trinajstić information content (AvgIpc) is 2.99. The Bertz CT molecular complexity index is 790. The number of nitrogens with one attached hydrogen (secondary N) is 1. The number of hydrogen-bond acceptors (Lipinski definition) is 3. The van der Waals surface area contributed by atoms with Crippen molar-refractivity contribution in [1.82, 2.24) is 19.9 Å². The summed E-state index contributed by atoms with van der Waals surface area (Å²) < 4.78 is 0. The molecule has 1 saturated heterocycles. The van der Waals surface area contributed by atoms with Gasteiger partial charge in [0, 0.05) is 6.20 Å². The molecule has 0 bridgehead atoms. The number of fused-ring (bicyclic) bond motifs is 1. The zero-order chi connectivity index (χ0) is 15.8. The average molecular weight is 306 g/mol. The molecule has 118 valence electrons. The Labute approximate surface area is 136 Å². The smallest absolute Gasteiger partial charge is 0.124 e. The highest BCUT2D eigenvalue weighted by atomic mass is 15.2. The first-order chi connectivity index (χ1) is 11.2. The predicted octanol–water partition coefficient (Wildman–Crippen LogP) is 4.16. The number of rotatable bonds is 2. The third-order valence-corrected chi connectivity index (χ3v) is 5.03. The van der Waals surface area contributed by atoms with Crippen molar-refractivity contribution in [2.75, 3.05) is 7.05 Å². The number of H-pyrrole nitrogens is 1. The molecule has 4 nitrogen and oxygen atoms in total. The van der Waals surface area contributed by atoms with Crippen molar-refractivity contribution < 1.29 is 0 Å². The van der Waals surface area contributed by atoms with Gasteiger partial charge in [0.25, 0.3) is 0 Å². The zero-order valence-corrected chi connectivity index (χ0v) is 13.7. The minimum absolute atomic E-state index is 0.322. The monoisotopic (exact) mass is 306 g/mol. The number of aromatic nitrogens is 3. The molecule has 0 unspecified atom stereocenters. The third-order valence-electron chi connectivity index (χ3n) is 5.03. The molecule has 1 N–H and O–H groups in total. The van der Waals surface area contributed by atoms with Gasteiger partial charge in [0.15, 0.2) is 0 Å². The Balaban J connectivity index is 1.68. The van der Waals surface area contributed by atoms with Crippen LogP contribution in [0.5, 0.6) is 0 Å². The van der Waals surface area contributed by atoms with Gasteiger partial charge in [-0.1, -0.05) is 18.2 Å². The minimum atomic E-state index is 0.322. The highest BCUT2D eigenvalue weighted by Crippen LogP contribution is 2.39. The summed E-state index contributed by atoms with van der Waals surface area (Å²) in [5, 5.41) is 0. The number of aromatic amines is 1. The SMILES string of the molecule is Cc1cccnc1[C@@H]1CCC[C@H](c2nc3ccccc3[nH]2)N1C. The summed E-state index contributed by atoms with van der Waals surface area (Å²) in [6.45, 7) is 2.15. The van der Waals surface area contributed by atoms with Crippen LogP contribution >= 0.6 is 0 Å². The zero-order valence-electron chi connectivity index (χ0n) is 13.7. The van der Waals surface area contributed by atoms with E-state index in [2.05, 4.69) is 53.1 Å². The molecule has 0 amide bonds. The van der Waals surface area contributed by atoms with Crippen molar-refractivity contribution in [3.63, 3.8) is 0 Å². The van der Waals surface area contributed by atoms with E-state index in [-0.39, 0.29) is 0 Å². The molecular formula is C19H22N4. The molecule has 0 radical (unpaired) electrons. The maximum atomic E-state index is 4.82. The summed E-state index contributed by atoms with van der Waals surface area (Å²) in [6, 6.07) is 13.1. The highest BCUT2D eigenvalue weighted by Gasteiger charge is 2.32. The first-order valence-electron chi connectivity index (χ1n) is 8.32. The summed E-state index contributed by atoms with van der Waals surface area (Å²) in [5.41, 5.74) is 4.64. The van der Waals surface area contributed by atoms with Crippen molar-refractivity contribution in [3.8, 4) is 0 Å². The summed E-state index contributed by atoms with van der Waals surface area (Å²) >= 11 is 0. The molecule has 3 heterocycles. The summed E-state index contributed by atoms with van der Waals surface area (Å²) in [7, 11) is 2.20. The van der Waals surface area contributed by atoms with Crippen LogP contribution in [0, 0.1) is 6.92 Å². The fourth-order valence-corrected chi connectivity index (χ4v) is 3.77. The lowest BCUT2D eigenvalue weighted by Crippen LogP contribution is -2.34. The van der Waals surface area contributed by atoms with Crippen molar-refractivity contribution in [1.29, 1.82) is 0 Å². The third kappa shape index (κ3) is 2.53. The molecule has 1 fully saturated rings. The molecule has 2 aromatic heterocycles. The van der Waals surface area contributed by atoms with Crippen LogP contribution in [0.25, 0.3) is 11.0 Å². The van der Waals surface area contributed by atoms with Crippen LogP contribution in [0.2, 0.25) is 0 Å². The van der Waals surface area contributed by atoms with Gasteiger partial charge in [0.05, 0.1) is 28.8 Å². The van der Waals surface area contributed by atoms with E-state index in [1.54, 1.807) is 0 Å². The molecule has 0 spiro atoms. The quantitative estimate of drug-likeness (QED) is 0.773. The molecule has 4 rings (SSSR count). The first kappa shape index (κ1) is 14.4. The van der Waals surface area contributed by atoms with E-state index >= 15 is 0 Å². The van der Waals surface area contributed by atoms with Crippen molar-refractivity contribution in [3.05, 3.63) is 59.7 Å². The maximum Gasteiger partial charge on any atom is 0.124 e. The molecule has 0 saturated carbocycles. The van der Waals surface area contributed by atoms with E-state index in [0.717, 1.165) is 29.7 Å². The molecular weight excluding hydrogens is 284 g/mol. The van der Waals surface area contributed by atoms with Crippen LogP contribution in [0.4, 0.5) is 0 Å². The molecule has 0 aliphatic carbocycles. The van der Waals surface area contributed by atoms with Gasteiger partial charge in [-0.2, -0.15) is 0 Å². The number of pyridine rings is 1. The van der Waals surface area contributed by atoms with E-state index < -0.39 is 0 Å². The van der Waals surface area contributed by atoms with Gasteiger partial charge >= 0.3 is 0 Å². The Morgan fingerprint density at radius 1 is 1.09 bits per heavy atom. The van der Waals surface area contributed by atoms with Crippen LogP contribution in [-0.2, 0) is 0 Å². The number of aryl methyl sites for hydroxylation is 1. The Hall–Kier alpha value is -2.20. The van der Waals surface area contributed by atoms with Crippen molar-refractivity contribution in [2.45, 2.75) is 38.3 Å². The number of hydrogen-bond donors (Lipinski definition) is 1. The van der Waals surface area contributed by atoms with Gasteiger partial charge in [-0.25, -0.2) is 4.98 Å². The molecule has 2 atom stereocenters. The van der Waals surface area contributed by atoms with E-state index in [1.165, 1.54) is 17.7 Å². The largest absolute Gasteiger partial charge is 0.341 e. The van der Waals surface area contributed by atoms with Crippen molar-refractivity contribution >= 4 is 11.0 Å². The second kappa shape index (κ2) is 5.78. The predicted molar refractivity (Wildman–Crippen MR) is 92.2 cm³/mol. The maximum absolute atomic E-state index is 4.82. The minimum Gasteiger partial charge on any atom is -0.341 e. The van der Waals surface area contributed by atoms with Gasteiger partial charge in [0.2, 0.25) is 0 Å². The fourth-order valence-electron chi connectivity index (χ4n) is 3.77. The Kier molecular flexibility index (Phi) is 3.62. The number of nitrogens with zero attached hydrogens (tertiary/aromatic N) is 3. The standard InChI is InChI=1S/C19H22N4/c1-13-7-6-12-20-18(13)16-10-5-11-17(23(16)2)19-21-14-8-3-4-9-15(14)22-19/h3-4,6-9,12,16-17H,5,10-11H2,1-2H3,(H,21,22)/t16-,17+/m0/s1. The number of imidazole rings is 1. The highest BCUT2D eigenvalue weighted by molar-refractivity contribution is 5.74. The lowest BCUT2D eigenvalue weighted by Gasteiger charge is -2.38. The molecule has 1 aromatic carbocycles. The van der Waals surface area contributed by atoms with Gasteiger partial charge in [0.1, 0.15) is 5.82 Å². The first-order valence-corrected chi connectivity index (χ1v) is 8.32. The van der Waals surface area contributed by atoms with Gasteiger partial charge in [-0.05, 0) is 57.0 Å². The lowest BCUT2D eigenvalue weighted by molar-refractivity contribution is 0.107. The fraction of sp³-hybridized carbons (Fsp3) is 0.368. The lowest BCUT2D eigenvalue weighted by atomic mass is 9.92. The molecule has 3 aromatic rings. The Morgan fingerprint density at radius 2 is 1.91 bits per heavy atom. The van der Waals surface area contributed by atoms with Gasteiger partial charge in [-0.3, -0.25) is 9.88 Å². The Morgan fingerprint density at radius 3 is 2.74 bits per heavy atom. The number of benzene rings is 1. The second-order valence-corrected chi connectivity index (χ2v) is 6.47. The van der Waals surface area contributed by atoms with Crippen LogP contribution in [0.1, 0.15) is 48.4 Å². The van der Waals surface area contributed by atoms with Crippen LogP contribution in [-0.4, -0.2) is 26.9 Å². The molecule has 1 aliphatic heterocycles. The molecule has 4 heteroatoms. The van der Waals surface area contributed by atoms with E-state index in [0.29, 0.717) is 12.1 Å². The second-order valence-electron chi connectivity index (χ2n) is 6.47. The summed E-state index contributed by atoms with van der Waals surface area (Å²) in [4.78, 5) is 15.4. The van der Waals surface area contributed by atoms with E-state index in [9.17, 15) is 0 Å². The van der Waals surface area contributed by atoms with E-state index in [1.807, 2.05) is 18.3 Å². The molecule has 23 heavy (non-hydrogen) atoms. The van der Waals surface area contributed by atoms with E-state index in [4.69, 9.17) is 4.98 Å². The van der Waals surface area contributed by atoms with Crippen LogP contribution in [0.15, 0.2) is 42.6 Å². The topological polar surface area (TPSA) is 44.8 Å². The van der Waals surface area contributed by atoms with Crippen LogP contribution < -0.4 is 0 Å². The number of likely N-dealkylation sites (tertiary alicyclic amines) is 1. The molecule has 1 aliphatic rings. The van der Waals surface area contributed by atoms with Gasteiger partial charge in [-0.15, -0.1) is 0 Å². The summed E-state index contributed by atoms with van der Waals surface area (Å²) in [6.07, 6.45) is 5.40. The summed E-state index contributed by atoms with van der Waals surface area (Å²) in [5.74, 6) is 1.08. The number of piperidine rings is 1. The van der Waals surface area contributed by atoms with Crippen molar-refractivity contribution in [2.24, 2.45) is 0 Å². The van der Waals surface area contributed by atoms with Crippen LogP contribution in [0.3, 0.4) is 0 Å². The number of para-hydroxylation sites is 2.